The molecule has 0 saturated carbocycles. The molecular weight excluding hydrogens is 204 g/mol. The van der Waals surface area contributed by atoms with Crippen LogP contribution >= 0.6 is 0 Å². The molecule has 1 saturated heterocycles. The van der Waals surface area contributed by atoms with Crippen LogP contribution in [0, 0.1) is 11.8 Å². The standard InChI is InChI=1S/C11H18N4O/c1-7-3-4-15(6-8(7)2)11(16)9-5-10(12)14-13-9/h5,7-8H,3-4,6H2,1-2H3,(H3,12,13,14). The topological polar surface area (TPSA) is 75.0 Å². The Morgan fingerprint density at radius 1 is 1.56 bits per heavy atom. The van der Waals surface area contributed by atoms with E-state index in [2.05, 4.69) is 24.0 Å². The van der Waals surface area contributed by atoms with Gasteiger partial charge < -0.3 is 10.6 Å². The van der Waals surface area contributed by atoms with Crippen molar-refractivity contribution in [2.75, 3.05) is 18.8 Å². The number of carbonyl (C=O) groups excluding carboxylic acids is 1. The van der Waals surface area contributed by atoms with Crippen LogP contribution in [0.15, 0.2) is 6.07 Å². The smallest absolute Gasteiger partial charge is 0.271 e. The SMILES string of the molecule is CC1CCN(C(=O)c2cc(N)n[nH]2)CC1C. The van der Waals surface area contributed by atoms with Gasteiger partial charge in [0.25, 0.3) is 5.91 Å². The first kappa shape index (κ1) is 11.0. The van der Waals surface area contributed by atoms with Crippen LogP contribution in [0.25, 0.3) is 0 Å². The molecule has 2 rings (SSSR count). The number of hydrogen-bond acceptors (Lipinski definition) is 3. The minimum Gasteiger partial charge on any atom is -0.382 e. The number of piperidine rings is 1. The molecule has 0 aliphatic carbocycles. The van der Waals surface area contributed by atoms with Gasteiger partial charge in [-0.3, -0.25) is 9.89 Å². The van der Waals surface area contributed by atoms with E-state index in [1.54, 1.807) is 6.07 Å². The number of amides is 1. The van der Waals surface area contributed by atoms with Crippen LogP contribution in [-0.4, -0.2) is 34.1 Å². The normalized spacial score (nSPS) is 25.8. The number of nitrogen functional groups attached to an aromatic ring is 1. The maximum absolute atomic E-state index is 12.1. The van der Waals surface area contributed by atoms with Gasteiger partial charge in [0.1, 0.15) is 11.5 Å². The number of nitrogens with zero attached hydrogens (tertiary/aromatic N) is 2. The van der Waals surface area contributed by atoms with Gasteiger partial charge in [-0.2, -0.15) is 5.10 Å². The highest BCUT2D eigenvalue weighted by Gasteiger charge is 2.27. The summed E-state index contributed by atoms with van der Waals surface area (Å²) in [6, 6.07) is 1.59. The largest absolute Gasteiger partial charge is 0.382 e. The van der Waals surface area contributed by atoms with Crippen LogP contribution in [0.2, 0.25) is 0 Å². The predicted molar refractivity (Wildman–Crippen MR) is 61.8 cm³/mol. The third-order valence-electron chi connectivity index (χ3n) is 3.45. The van der Waals surface area contributed by atoms with Gasteiger partial charge in [0, 0.05) is 19.2 Å². The van der Waals surface area contributed by atoms with Crippen molar-refractivity contribution in [2.45, 2.75) is 20.3 Å². The molecule has 3 N–H and O–H groups in total. The molecule has 16 heavy (non-hydrogen) atoms. The summed E-state index contributed by atoms with van der Waals surface area (Å²) in [4.78, 5) is 13.9. The molecule has 1 amide bonds. The quantitative estimate of drug-likeness (QED) is 0.747. The maximum Gasteiger partial charge on any atom is 0.271 e. The average molecular weight is 222 g/mol. The maximum atomic E-state index is 12.1. The lowest BCUT2D eigenvalue weighted by molar-refractivity contribution is 0.0621. The fourth-order valence-electron chi connectivity index (χ4n) is 2.06. The summed E-state index contributed by atoms with van der Waals surface area (Å²) in [5.41, 5.74) is 5.97. The van der Waals surface area contributed by atoms with Crippen molar-refractivity contribution < 1.29 is 4.79 Å². The fourth-order valence-corrected chi connectivity index (χ4v) is 2.06. The molecule has 2 atom stereocenters. The Kier molecular flexibility index (Phi) is 2.85. The van der Waals surface area contributed by atoms with E-state index in [4.69, 9.17) is 5.73 Å². The van der Waals surface area contributed by atoms with E-state index >= 15 is 0 Å². The van der Waals surface area contributed by atoms with Crippen molar-refractivity contribution in [3.63, 3.8) is 0 Å². The summed E-state index contributed by atoms with van der Waals surface area (Å²) in [6.45, 7) is 6.06. The molecular formula is C11H18N4O. The van der Waals surface area contributed by atoms with E-state index in [-0.39, 0.29) is 5.91 Å². The second-order valence-corrected chi connectivity index (χ2v) is 4.70. The van der Waals surface area contributed by atoms with Crippen molar-refractivity contribution >= 4 is 11.7 Å². The molecule has 1 aliphatic rings. The van der Waals surface area contributed by atoms with Crippen LogP contribution in [0.3, 0.4) is 0 Å². The molecule has 88 valence electrons. The number of rotatable bonds is 1. The molecule has 0 bridgehead atoms. The van der Waals surface area contributed by atoms with Gasteiger partial charge in [0.15, 0.2) is 0 Å². The Labute approximate surface area is 95.0 Å². The first-order valence-electron chi connectivity index (χ1n) is 5.68. The minimum absolute atomic E-state index is 0.00273. The third kappa shape index (κ3) is 2.03. The summed E-state index contributed by atoms with van der Waals surface area (Å²) in [7, 11) is 0. The number of hydrogen-bond donors (Lipinski definition) is 2. The number of nitrogens with two attached hydrogens (primary N) is 1. The first-order chi connectivity index (χ1) is 7.58. The van der Waals surface area contributed by atoms with Gasteiger partial charge in [-0.25, -0.2) is 0 Å². The third-order valence-corrected chi connectivity index (χ3v) is 3.45. The van der Waals surface area contributed by atoms with Crippen LogP contribution < -0.4 is 5.73 Å². The van der Waals surface area contributed by atoms with Crippen molar-refractivity contribution in [1.29, 1.82) is 0 Å². The Bertz CT molecular complexity index is 387. The molecule has 2 heterocycles. The second-order valence-electron chi connectivity index (χ2n) is 4.70. The number of carbonyl (C=O) groups is 1. The Morgan fingerprint density at radius 3 is 2.88 bits per heavy atom. The highest BCUT2D eigenvalue weighted by Crippen LogP contribution is 2.23. The fraction of sp³-hybridized carbons (Fsp3) is 0.636. The molecule has 2 unspecified atom stereocenters. The molecule has 0 aromatic carbocycles. The van der Waals surface area contributed by atoms with Gasteiger partial charge in [-0.1, -0.05) is 13.8 Å². The summed E-state index contributed by atoms with van der Waals surface area (Å²) >= 11 is 0. The van der Waals surface area contributed by atoms with Crippen LogP contribution in [0.1, 0.15) is 30.8 Å². The zero-order valence-corrected chi connectivity index (χ0v) is 9.73. The molecule has 1 fully saturated rings. The van der Waals surface area contributed by atoms with Crippen molar-refractivity contribution in [1.82, 2.24) is 15.1 Å². The van der Waals surface area contributed by atoms with E-state index in [0.717, 1.165) is 19.5 Å². The van der Waals surface area contributed by atoms with Crippen molar-refractivity contribution in [2.24, 2.45) is 11.8 Å². The van der Waals surface area contributed by atoms with Crippen molar-refractivity contribution in [3.05, 3.63) is 11.8 Å². The molecule has 1 aliphatic heterocycles. The zero-order chi connectivity index (χ0) is 11.7. The lowest BCUT2D eigenvalue weighted by Crippen LogP contribution is -2.42. The van der Waals surface area contributed by atoms with Gasteiger partial charge >= 0.3 is 0 Å². The minimum atomic E-state index is 0.00273. The Morgan fingerprint density at radius 2 is 2.31 bits per heavy atom. The van der Waals surface area contributed by atoms with E-state index in [1.165, 1.54) is 0 Å². The van der Waals surface area contributed by atoms with Gasteiger partial charge in [0.05, 0.1) is 0 Å². The predicted octanol–water partition coefficient (Wildman–Crippen LogP) is 1.11. The average Bonchev–Trinajstić information content (AvgIpc) is 2.68. The zero-order valence-electron chi connectivity index (χ0n) is 9.73. The molecule has 5 nitrogen and oxygen atoms in total. The van der Waals surface area contributed by atoms with E-state index in [0.29, 0.717) is 23.3 Å². The number of aromatic amines is 1. The lowest BCUT2D eigenvalue weighted by Gasteiger charge is -2.34. The number of anilines is 1. The van der Waals surface area contributed by atoms with E-state index in [9.17, 15) is 4.79 Å². The number of nitrogens with one attached hydrogen (secondary N) is 1. The lowest BCUT2D eigenvalue weighted by atomic mass is 9.88. The highest BCUT2D eigenvalue weighted by atomic mass is 16.2. The van der Waals surface area contributed by atoms with Crippen LogP contribution in [0.5, 0.6) is 0 Å². The number of H-pyrrole nitrogens is 1. The number of aromatic nitrogens is 2. The molecule has 1 aromatic rings. The molecule has 0 spiro atoms. The molecule has 5 heteroatoms. The second kappa shape index (κ2) is 4.15. The Hall–Kier alpha value is -1.52. The van der Waals surface area contributed by atoms with E-state index < -0.39 is 0 Å². The highest BCUT2D eigenvalue weighted by molar-refractivity contribution is 5.93. The summed E-state index contributed by atoms with van der Waals surface area (Å²) in [5, 5.41) is 6.43. The summed E-state index contributed by atoms with van der Waals surface area (Å²) < 4.78 is 0. The summed E-state index contributed by atoms with van der Waals surface area (Å²) in [5.74, 6) is 1.61. The molecule has 1 aromatic heterocycles. The first-order valence-corrected chi connectivity index (χ1v) is 5.68. The van der Waals surface area contributed by atoms with Gasteiger partial charge in [-0.05, 0) is 18.3 Å². The van der Waals surface area contributed by atoms with Crippen molar-refractivity contribution in [3.8, 4) is 0 Å². The Balaban J connectivity index is 2.06. The monoisotopic (exact) mass is 222 g/mol. The van der Waals surface area contributed by atoms with Crippen LogP contribution in [-0.2, 0) is 0 Å². The summed E-state index contributed by atoms with van der Waals surface area (Å²) in [6.07, 6.45) is 1.07. The van der Waals surface area contributed by atoms with Gasteiger partial charge in [0.2, 0.25) is 0 Å². The van der Waals surface area contributed by atoms with Crippen LogP contribution in [0.4, 0.5) is 5.82 Å². The van der Waals surface area contributed by atoms with E-state index in [1.807, 2.05) is 4.90 Å². The molecule has 0 radical (unpaired) electrons. The number of likely N-dealkylation sites (tertiary alicyclic amines) is 1. The van der Waals surface area contributed by atoms with Gasteiger partial charge in [-0.15, -0.1) is 0 Å².